The van der Waals surface area contributed by atoms with E-state index in [-0.39, 0.29) is 16.2 Å². The number of rotatable bonds is 3. The minimum atomic E-state index is -0.344. The van der Waals surface area contributed by atoms with Gasteiger partial charge in [0, 0.05) is 15.1 Å². The predicted octanol–water partition coefficient (Wildman–Crippen LogP) is 3.44. The number of thiophene rings is 2. The summed E-state index contributed by atoms with van der Waals surface area (Å²) in [5.41, 5.74) is 2.79. The predicted molar refractivity (Wildman–Crippen MR) is 93.4 cm³/mol. The van der Waals surface area contributed by atoms with Crippen molar-refractivity contribution in [2.24, 2.45) is 0 Å². The smallest absolute Gasteiger partial charge is 0.282 e. The van der Waals surface area contributed by atoms with Crippen molar-refractivity contribution in [2.45, 2.75) is 20.3 Å². The Morgan fingerprint density at radius 1 is 1.45 bits per heavy atom. The molecule has 0 saturated heterocycles. The van der Waals surface area contributed by atoms with E-state index in [9.17, 15) is 9.59 Å². The molecule has 1 amide bonds. The Bertz CT molecular complexity index is 977. The number of fused-ring (bicyclic) bond motifs is 1. The van der Waals surface area contributed by atoms with Gasteiger partial charge in [-0.2, -0.15) is 4.68 Å². The number of nitrogens with one attached hydrogen (secondary N) is 2. The molecule has 0 atom stereocenters. The van der Waals surface area contributed by atoms with E-state index in [4.69, 9.17) is 12.2 Å². The lowest BCUT2D eigenvalue weighted by Crippen LogP contribution is -2.34. The molecule has 3 aromatic rings. The van der Waals surface area contributed by atoms with E-state index in [1.54, 1.807) is 11.4 Å². The van der Waals surface area contributed by atoms with Crippen LogP contribution in [-0.2, 0) is 6.42 Å². The molecule has 3 heterocycles. The summed E-state index contributed by atoms with van der Waals surface area (Å²) in [5.74, 6) is -0.344. The number of aromatic amines is 1. The van der Waals surface area contributed by atoms with Crippen LogP contribution in [0.4, 0.5) is 0 Å². The molecular weight excluding hydrogens is 338 g/mol. The molecule has 0 saturated carbocycles. The molecular formula is C14H13N3O2S3. The van der Waals surface area contributed by atoms with Gasteiger partial charge in [-0.05, 0) is 37.7 Å². The fraction of sp³-hybridized carbons (Fsp3) is 0.214. The number of carbonyl (C=O) groups excluding carboxylic acids is 1. The van der Waals surface area contributed by atoms with Crippen LogP contribution in [0, 0.1) is 11.7 Å². The monoisotopic (exact) mass is 351 g/mol. The van der Waals surface area contributed by atoms with E-state index in [0.29, 0.717) is 10.9 Å². The van der Waals surface area contributed by atoms with Gasteiger partial charge < -0.3 is 4.98 Å². The van der Waals surface area contributed by atoms with Crippen LogP contribution < -0.4 is 11.0 Å². The largest absolute Gasteiger partial charge is 0.322 e. The SMILES string of the molecule is CCc1cc(C(=O)Nn2c(=S)[nH]c3sc(C)cc3c2=O)cs1. The van der Waals surface area contributed by atoms with E-state index < -0.39 is 0 Å². The van der Waals surface area contributed by atoms with Crippen LogP contribution in [0.15, 0.2) is 22.3 Å². The van der Waals surface area contributed by atoms with Crippen LogP contribution in [0.25, 0.3) is 10.2 Å². The average molecular weight is 351 g/mol. The number of amides is 1. The van der Waals surface area contributed by atoms with Crippen LogP contribution in [0.3, 0.4) is 0 Å². The highest BCUT2D eigenvalue weighted by atomic mass is 32.1. The molecule has 0 aliphatic carbocycles. The lowest BCUT2D eigenvalue weighted by atomic mass is 10.3. The van der Waals surface area contributed by atoms with E-state index in [0.717, 1.165) is 25.7 Å². The van der Waals surface area contributed by atoms with Gasteiger partial charge in [0.15, 0.2) is 0 Å². The molecule has 0 fully saturated rings. The first-order chi connectivity index (χ1) is 10.5. The summed E-state index contributed by atoms with van der Waals surface area (Å²) in [7, 11) is 0. The van der Waals surface area contributed by atoms with Gasteiger partial charge >= 0.3 is 0 Å². The molecule has 8 heteroatoms. The summed E-state index contributed by atoms with van der Waals surface area (Å²) in [6, 6.07) is 3.61. The Labute approximate surface area is 139 Å². The van der Waals surface area contributed by atoms with Gasteiger partial charge in [-0.15, -0.1) is 22.7 Å². The molecule has 0 aliphatic rings. The van der Waals surface area contributed by atoms with Gasteiger partial charge in [0.1, 0.15) is 4.83 Å². The Morgan fingerprint density at radius 3 is 2.91 bits per heavy atom. The first kappa shape index (κ1) is 15.1. The first-order valence-corrected chi connectivity index (χ1v) is 8.74. The molecule has 0 radical (unpaired) electrons. The first-order valence-electron chi connectivity index (χ1n) is 6.64. The third-order valence-corrected chi connectivity index (χ3v) is 5.52. The van der Waals surface area contributed by atoms with Crippen molar-refractivity contribution in [3.8, 4) is 0 Å². The molecule has 114 valence electrons. The number of hydrogen-bond acceptors (Lipinski definition) is 5. The maximum absolute atomic E-state index is 12.5. The highest BCUT2D eigenvalue weighted by Crippen LogP contribution is 2.20. The Hall–Kier alpha value is -1.77. The van der Waals surface area contributed by atoms with Crippen molar-refractivity contribution < 1.29 is 4.79 Å². The van der Waals surface area contributed by atoms with Gasteiger partial charge in [-0.25, -0.2) is 0 Å². The highest BCUT2D eigenvalue weighted by molar-refractivity contribution is 7.71. The van der Waals surface area contributed by atoms with Gasteiger partial charge in [-0.3, -0.25) is 15.0 Å². The van der Waals surface area contributed by atoms with Crippen molar-refractivity contribution in [1.29, 1.82) is 0 Å². The lowest BCUT2D eigenvalue weighted by Gasteiger charge is -2.07. The molecule has 22 heavy (non-hydrogen) atoms. The second-order valence-corrected chi connectivity index (χ2v) is 7.41. The summed E-state index contributed by atoms with van der Waals surface area (Å²) in [5, 5.41) is 2.30. The van der Waals surface area contributed by atoms with Gasteiger partial charge in [0.25, 0.3) is 11.5 Å². The fourth-order valence-electron chi connectivity index (χ4n) is 2.08. The van der Waals surface area contributed by atoms with Crippen molar-refractivity contribution in [3.63, 3.8) is 0 Å². The molecule has 2 N–H and O–H groups in total. The molecule has 0 aromatic carbocycles. The van der Waals surface area contributed by atoms with Gasteiger partial charge in [0.05, 0.1) is 10.9 Å². The summed E-state index contributed by atoms with van der Waals surface area (Å²) >= 11 is 8.16. The molecule has 5 nitrogen and oxygen atoms in total. The number of carbonyl (C=O) groups is 1. The third kappa shape index (κ3) is 2.65. The molecule has 0 spiro atoms. The molecule has 3 rings (SSSR count). The molecule has 3 aromatic heterocycles. The van der Waals surface area contributed by atoms with Crippen molar-refractivity contribution in [2.75, 3.05) is 5.43 Å². The number of hydrogen-bond donors (Lipinski definition) is 2. The molecule has 0 unspecified atom stereocenters. The number of H-pyrrole nitrogens is 1. The van der Waals surface area contributed by atoms with Crippen LogP contribution in [0.1, 0.15) is 27.0 Å². The highest BCUT2D eigenvalue weighted by Gasteiger charge is 2.13. The maximum atomic E-state index is 12.5. The van der Waals surface area contributed by atoms with Crippen LogP contribution >= 0.6 is 34.9 Å². The fourth-order valence-corrected chi connectivity index (χ4v) is 4.10. The second kappa shape index (κ2) is 5.79. The van der Waals surface area contributed by atoms with Crippen molar-refractivity contribution in [3.05, 3.63) is 48.0 Å². The lowest BCUT2D eigenvalue weighted by molar-refractivity contribution is 0.101. The summed E-state index contributed by atoms with van der Waals surface area (Å²) < 4.78 is 1.27. The van der Waals surface area contributed by atoms with E-state index in [1.165, 1.54) is 22.7 Å². The topological polar surface area (TPSA) is 66.9 Å². The Balaban J connectivity index is 2.01. The van der Waals surface area contributed by atoms with Crippen LogP contribution in [0.5, 0.6) is 0 Å². The Kier molecular flexibility index (Phi) is 3.98. The zero-order valence-corrected chi connectivity index (χ0v) is 14.4. The van der Waals surface area contributed by atoms with Crippen molar-refractivity contribution >= 4 is 51.0 Å². The minimum Gasteiger partial charge on any atom is -0.322 e. The zero-order valence-electron chi connectivity index (χ0n) is 11.9. The number of aromatic nitrogens is 2. The third-order valence-electron chi connectivity index (χ3n) is 3.19. The number of aryl methyl sites for hydroxylation is 2. The molecule has 0 bridgehead atoms. The quantitative estimate of drug-likeness (QED) is 0.711. The minimum absolute atomic E-state index is 0.179. The van der Waals surface area contributed by atoms with Crippen LogP contribution in [-0.4, -0.2) is 15.6 Å². The van der Waals surface area contributed by atoms with Crippen molar-refractivity contribution in [1.82, 2.24) is 9.66 Å². The standard InChI is InChI=1S/C14H13N3O2S3/c1-3-9-5-8(6-21-9)11(18)16-17-13(19)10-4-7(2)22-12(10)15-14(17)20/h4-6H,3H2,1-2H3,(H,15,20)(H,16,18). The normalized spacial score (nSPS) is 11.0. The average Bonchev–Trinajstić information content (AvgIpc) is 3.09. The van der Waals surface area contributed by atoms with E-state index >= 15 is 0 Å². The summed E-state index contributed by atoms with van der Waals surface area (Å²) in [6.07, 6.45) is 0.873. The van der Waals surface area contributed by atoms with Gasteiger partial charge in [-0.1, -0.05) is 6.92 Å². The molecule has 0 aliphatic heterocycles. The van der Waals surface area contributed by atoms with E-state index in [1.807, 2.05) is 19.9 Å². The van der Waals surface area contributed by atoms with Crippen LogP contribution in [0.2, 0.25) is 0 Å². The Morgan fingerprint density at radius 2 is 2.23 bits per heavy atom. The maximum Gasteiger partial charge on any atom is 0.282 e. The second-order valence-electron chi connectivity index (χ2n) is 4.77. The van der Waals surface area contributed by atoms with Gasteiger partial charge in [0.2, 0.25) is 4.77 Å². The van der Waals surface area contributed by atoms with E-state index in [2.05, 4.69) is 10.4 Å². The zero-order chi connectivity index (χ0) is 15.9. The number of nitrogens with zero attached hydrogens (tertiary/aromatic N) is 1. The summed E-state index contributed by atoms with van der Waals surface area (Å²) in [6.45, 7) is 3.95. The summed E-state index contributed by atoms with van der Waals surface area (Å²) in [4.78, 5) is 30.6.